The topological polar surface area (TPSA) is 89.5 Å². The van der Waals surface area contributed by atoms with E-state index in [-0.39, 0.29) is 10.5 Å². The molecule has 0 fully saturated rings. The highest BCUT2D eigenvalue weighted by molar-refractivity contribution is 7.90. The highest BCUT2D eigenvalue weighted by atomic mass is 32.2. The molecule has 0 spiro atoms. The van der Waals surface area contributed by atoms with Crippen LogP contribution < -0.4 is 5.32 Å². The molecule has 0 aliphatic rings. The third kappa shape index (κ3) is 5.15. The smallest absolute Gasteiger partial charge is 0.340 e. The predicted molar refractivity (Wildman–Crippen MR) is 92.7 cm³/mol. The molecule has 0 aliphatic carbocycles. The summed E-state index contributed by atoms with van der Waals surface area (Å²) in [4.78, 5) is 24.2. The van der Waals surface area contributed by atoms with Crippen LogP contribution in [0, 0.1) is 0 Å². The number of carbonyl (C=O) groups is 2. The normalized spacial score (nSPS) is 12.2. The zero-order valence-corrected chi connectivity index (χ0v) is 14.7. The van der Waals surface area contributed by atoms with Crippen LogP contribution in [0.25, 0.3) is 0 Å². The number of hydrogen-bond acceptors (Lipinski definition) is 5. The lowest BCUT2D eigenvalue weighted by Crippen LogP contribution is -2.35. The Labute approximate surface area is 146 Å². The third-order valence-electron chi connectivity index (χ3n) is 3.47. The van der Waals surface area contributed by atoms with Crippen LogP contribution in [0.4, 0.5) is 0 Å². The van der Waals surface area contributed by atoms with Crippen LogP contribution >= 0.6 is 0 Å². The van der Waals surface area contributed by atoms with Crippen molar-refractivity contribution in [3.63, 3.8) is 0 Å². The number of ether oxygens (including phenoxy) is 1. The minimum Gasteiger partial charge on any atom is -0.449 e. The largest absolute Gasteiger partial charge is 0.449 e. The molecule has 0 heterocycles. The molecular formula is C18H19NO5S. The van der Waals surface area contributed by atoms with Gasteiger partial charge in [0.25, 0.3) is 5.91 Å². The molecule has 6 nitrogen and oxygen atoms in total. The molecule has 1 unspecified atom stereocenters. The Morgan fingerprint density at radius 3 is 2.28 bits per heavy atom. The number of hydrogen-bond donors (Lipinski definition) is 1. The van der Waals surface area contributed by atoms with Crippen molar-refractivity contribution in [1.29, 1.82) is 0 Å². The van der Waals surface area contributed by atoms with Gasteiger partial charge in [-0.1, -0.05) is 42.5 Å². The zero-order chi connectivity index (χ0) is 18.4. The summed E-state index contributed by atoms with van der Waals surface area (Å²) in [6, 6.07) is 15.0. The standard InChI is InChI=1S/C18H19NO5S/c1-13(17(20)19-12-14-8-4-3-5-9-14)24-18(21)15-10-6-7-11-16(15)25(2,22)23/h3-11,13H,12H2,1-2H3,(H,19,20). The van der Waals surface area contributed by atoms with Gasteiger partial charge in [-0.25, -0.2) is 13.2 Å². The average molecular weight is 361 g/mol. The van der Waals surface area contributed by atoms with Crippen molar-refractivity contribution >= 4 is 21.7 Å². The van der Waals surface area contributed by atoms with Crippen LogP contribution in [-0.2, 0) is 25.9 Å². The number of esters is 1. The van der Waals surface area contributed by atoms with Gasteiger partial charge in [0.1, 0.15) is 0 Å². The van der Waals surface area contributed by atoms with E-state index in [0.29, 0.717) is 6.54 Å². The molecule has 1 amide bonds. The van der Waals surface area contributed by atoms with Gasteiger partial charge in [-0.05, 0) is 24.6 Å². The number of rotatable bonds is 6. The summed E-state index contributed by atoms with van der Waals surface area (Å²) in [6.07, 6.45) is -0.0430. The Bertz CT molecular complexity index is 862. The van der Waals surface area contributed by atoms with Crippen LogP contribution in [0.15, 0.2) is 59.5 Å². The first kappa shape index (κ1) is 18.7. The fraction of sp³-hybridized carbons (Fsp3) is 0.222. The first-order valence-corrected chi connectivity index (χ1v) is 9.50. The maximum atomic E-state index is 12.2. The van der Waals surface area contributed by atoms with E-state index in [4.69, 9.17) is 4.74 Å². The number of carbonyl (C=O) groups excluding carboxylic acids is 2. The molecule has 1 N–H and O–H groups in total. The summed E-state index contributed by atoms with van der Waals surface area (Å²) in [5.41, 5.74) is 0.824. The van der Waals surface area contributed by atoms with Crippen LogP contribution in [-0.4, -0.2) is 32.7 Å². The van der Waals surface area contributed by atoms with Gasteiger partial charge < -0.3 is 10.1 Å². The van der Waals surface area contributed by atoms with Gasteiger partial charge in [0.05, 0.1) is 10.5 Å². The Hall–Kier alpha value is -2.67. The van der Waals surface area contributed by atoms with Crippen molar-refractivity contribution in [1.82, 2.24) is 5.32 Å². The van der Waals surface area contributed by atoms with Crippen LogP contribution in [0.5, 0.6) is 0 Å². The number of sulfone groups is 1. The number of benzene rings is 2. The Balaban J connectivity index is 2.02. The van der Waals surface area contributed by atoms with E-state index in [2.05, 4.69) is 5.32 Å². The first-order chi connectivity index (χ1) is 11.8. The second-order valence-corrected chi connectivity index (χ2v) is 7.50. The van der Waals surface area contributed by atoms with Crippen molar-refractivity contribution in [2.45, 2.75) is 24.5 Å². The minimum atomic E-state index is -3.58. The SMILES string of the molecule is CC(OC(=O)c1ccccc1S(C)(=O)=O)C(=O)NCc1ccccc1. The first-order valence-electron chi connectivity index (χ1n) is 7.60. The van der Waals surface area contributed by atoms with Gasteiger partial charge >= 0.3 is 5.97 Å². The van der Waals surface area contributed by atoms with E-state index in [1.54, 1.807) is 0 Å². The Morgan fingerprint density at radius 2 is 1.64 bits per heavy atom. The van der Waals surface area contributed by atoms with Gasteiger partial charge in [-0.15, -0.1) is 0 Å². The Morgan fingerprint density at radius 1 is 1.04 bits per heavy atom. The summed E-state index contributed by atoms with van der Waals surface area (Å²) >= 11 is 0. The van der Waals surface area contributed by atoms with Crippen molar-refractivity contribution in [3.8, 4) is 0 Å². The highest BCUT2D eigenvalue weighted by Crippen LogP contribution is 2.17. The van der Waals surface area contributed by atoms with Crippen LogP contribution in [0.3, 0.4) is 0 Å². The van der Waals surface area contributed by atoms with Gasteiger partial charge in [-0.3, -0.25) is 4.79 Å². The minimum absolute atomic E-state index is 0.0901. The monoisotopic (exact) mass is 361 g/mol. The zero-order valence-electron chi connectivity index (χ0n) is 13.9. The molecule has 7 heteroatoms. The van der Waals surface area contributed by atoms with E-state index >= 15 is 0 Å². The maximum Gasteiger partial charge on any atom is 0.340 e. The van der Waals surface area contributed by atoms with E-state index in [1.807, 2.05) is 30.3 Å². The maximum absolute atomic E-state index is 12.2. The van der Waals surface area contributed by atoms with Gasteiger partial charge in [0.2, 0.25) is 0 Å². The average Bonchev–Trinajstić information content (AvgIpc) is 2.59. The van der Waals surface area contributed by atoms with Gasteiger partial charge in [0, 0.05) is 12.8 Å². The number of amides is 1. The van der Waals surface area contributed by atoms with Crippen molar-refractivity contribution in [3.05, 3.63) is 65.7 Å². The van der Waals surface area contributed by atoms with Crippen molar-refractivity contribution in [2.75, 3.05) is 6.26 Å². The fourth-order valence-electron chi connectivity index (χ4n) is 2.16. The summed E-state index contributed by atoms with van der Waals surface area (Å²) in [7, 11) is -3.58. The molecule has 25 heavy (non-hydrogen) atoms. The fourth-order valence-corrected chi connectivity index (χ4v) is 3.04. The summed E-state index contributed by atoms with van der Waals surface area (Å²) in [6.45, 7) is 1.74. The third-order valence-corrected chi connectivity index (χ3v) is 4.62. The number of nitrogens with one attached hydrogen (secondary N) is 1. The molecule has 0 saturated carbocycles. The quantitative estimate of drug-likeness (QED) is 0.795. The lowest BCUT2D eigenvalue weighted by atomic mass is 10.2. The molecule has 0 bridgehead atoms. The molecule has 2 aromatic rings. The van der Waals surface area contributed by atoms with Gasteiger partial charge in [-0.2, -0.15) is 0 Å². The van der Waals surface area contributed by atoms with Crippen molar-refractivity contribution in [2.24, 2.45) is 0 Å². The second kappa shape index (κ2) is 7.94. The summed E-state index contributed by atoms with van der Waals surface area (Å²) in [5.74, 6) is -1.32. The molecule has 0 aromatic heterocycles. The van der Waals surface area contributed by atoms with E-state index in [9.17, 15) is 18.0 Å². The molecule has 2 rings (SSSR count). The van der Waals surface area contributed by atoms with Gasteiger partial charge in [0.15, 0.2) is 15.9 Å². The second-order valence-electron chi connectivity index (χ2n) is 5.52. The van der Waals surface area contributed by atoms with E-state index < -0.39 is 27.8 Å². The lowest BCUT2D eigenvalue weighted by Gasteiger charge is -2.14. The molecular weight excluding hydrogens is 342 g/mol. The molecule has 132 valence electrons. The summed E-state index contributed by atoms with van der Waals surface area (Å²) in [5, 5.41) is 2.67. The summed E-state index contributed by atoms with van der Waals surface area (Å²) < 4.78 is 28.6. The van der Waals surface area contributed by atoms with Crippen molar-refractivity contribution < 1.29 is 22.7 Å². The highest BCUT2D eigenvalue weighted by Gasteiger charge is 2.23. The van der Waals surface area contributed by atoms with E-state index in [0.717, 1.165) is 11.8 Å². The molecule has 0 radical (unpaired) electrons. The van der Waals surface area contributed by atoms with Crippen LogP contribution in [0.2, 0.25) is 0 Å². The molecule has 0 aliphatic heterocycles. The Kier molecular flexibility index (Phi) is 5.93. The lowest BCUT2D eigenvalue weighted by molar-refractivity contribution is -0.129. The predicted octanol–water partition coefficient (Wildman–Crippen LogP) is 1.95. The van der Waals surface area contributed by atoms with Crippen LogP contribution in [0.1, 0.15) is 22.8 Å². The molecule has 2 aromatic carbocycles. The molecule has 0 saturated heterocycles. The molecule has 1 atom stereocenters. The van der Waals surface area contributed by atoms with E-state index in [1.165, 1.54) is 31.2 Å².